The molecule has 0 amide bonds. The molecule has 2 rings (SSSR count). The lowest BCUT2D eigenvalue weighted by molar-refractivity contribution is 0.197. The molecule has 6 heteroatoms. The van der Waals surface area contributed by atoms with Crippen LogP contribution >= 0.6 is 11.8 Å². The standard InChI is InChI=1S/C14H10F4OS/c15-8-2-1-3-9(6-8)20-7-12(19)10-4-5-11(16)14(18)13(10)17/h1-6,12,19H,7H2. The molecule has 20 heavy (non-hydrogen) atoms. The van der Waals surface area contributed by atoms with Crippen molar-refractivity contribution in [3.63, 3.8) is 0 Å². The Balaban J connectivity index is 2.09. The van der Waals surface area contributed by atoms with E-state index in [0.29, 0.717) is 4.90 Å². The largest absolute Gasteiger partial charge is 0.387 e. The van der Waals surface area contributed by atoms with Crippen molar-refractivity contribution in [1.29, 1.82) is 0 Å². The third-order valence-corrected chi connectivity index (χ3v) is 3.70. The van der Waals surface area contributed by atoms with Gasteiger partial charge in [-0.3, -0.25) is 0 Å². The van der Waals surface area contributed by atoms with Gasteiger partial charge in [0.1, 0.15) is 5.82 Å². The van der Waals surface area contributed by atoms with Crippen molar-refractivity contribution >= 4 is 11.8 Å². The van der Waals surface area contributed by atoms with Crippen LogP contribution in [0.2, 0.25) is 0 Å². The van der Waals surface area contributed by atoms with Crippen LogP contribution in [0.25, 0.3) is 0 Å². The highest BCUT2D eigenvalue weighted by atomic mass is 32.2. The summed E-state index contributed by atoms with van der Waals surface area (Å²) in [4.78, 5) is 0.548. The molecular formula is C14H10F4OS. The molecule has 1 atom stereocenters. The van der Waals surface area contributed by atoms with E-state index in [4.69, 9.17) is 0 Å². The highest BCUT2D eigenvalue weighted by Crippen LogP contribution is 2.27. The number of hydrogen-bond acceptors (Lipinski definition) is 2. The predicted octanol–water partition coefficient (Wildman–Crippen LogP) is 4.07. The SMILES string of the molecule is OC(CSc1cccc(F)c1)c1ccc(F)c(F)c1F. The highest BCUT2D eigenvalue weighted by molar-refractivity contribution is 7.99. The van der Waals surface area contributed by atoms with E-state index in [0.717, 1.165) is 23.9 Å². The van der Waals surface area contributed by atoms with E-state index in [1.807, 2.05) is 0 Å². The summed E-state index contributed by atoms with van der Waals surface area (Å²) in [7, 11) is 0. The van der Waals surface area contributed by atoms with Crippen LogP contribution in [0, 0.1) is 23.3 Å². The first-order chi connectivity index (χ1) is 9.49. The summed E-state index contributed by atoms with van der Waals surface area (Å²) < 4.78 is 52.2. The fourth-order valence-electron chi connectivity index (χ4n) is 1.62. The molecule has 0 fully saturated rings. The molecule has 0 saturated heterocycles. The maximum atomic E-state index is 13.5. The monoisotopic (exact) mass is 302 g/mol. The van der Waals surface area contributed by atoms with Gasteiger partial charge in [0.05, 0.1) is 6.10 Å². The Hall–Kier alpha value is -1.53. The maximum absolute atomic E-state index is 13.5. The van der Waals surface area contributed by atoms with Crippen LogP contribution in [-0.4, -0.2) is 10.9 Å². The zero-order valence-corrected chi connectivity index (χ0v) is 10.9. The van der Waals surface area contributed by atoms with Gasteiger partial charge in [-0.05, 0) is 24.3 Å². The van der Waals surface area contributed by atoms with E-state index < -0.39 is 29.4 Å². The number of aliphatic hydroxyl groups is 1. The van der Waals surface area contributed by atoms with Gasteiger partial charge in [-0.25, -0.2) is 17.6 Å². The van der Waals surface area contributed by atoms with Gasteiger partial charge in [0.2, 0.25) is 0 Å². The molecule has 0 saturated carbocycles. The Labute approximate surface area is 117 Å². The zero-order valence-electron chi connectivity index (χ0n) is 10.1. The summed E-state index contributed by atoms with van der Waals surface area (Å²) in [6.07, 6.45) is -1.32. The molecule has 1 N–H and O–H groups in total. The molecule has 0 aliphatic heterocycles. The molecule has 1 nitrogen and oxygen atoms in total. The van der Waals surface area contributed by atoms with Crippen molar-refractivity contribution in [2.75, 3.05) is 5.75 Å². The van der Waals surface area contributed by atoms with Crippen LogP contribution in [0.4, 0.5) is 17.6 Å². The van der Waals surface area contributed by atoms with Gasteiger partial charge in [-0.1, -0.05) is 12.1 Å². The molecule has 0 radical (unpaired) electrons. The summed E-state index contributed by atoms with van der Waals surface area (Å²) in [5, 5.41) is 9.80. The van der Waals surface area contributed by atoms with Crippen molar-refractivity contribution in [3.8, 4) is 0 Å². The van der Waals surface area contributed by atoms with Crippen LogP contribution in [-0.2, 0) is 0 Å². The molecule has 106 valence electrons. The van der Waals surface area contributed by atoms with Gasteiger partial charge in [0.15, 0.2) is 17.5 Å². The van der Waals surface area contributed by atoms with Crippen LogP contribution in [0.5, 0.6) is 0 Å². The minimum atomic E-state index is -1.61. The van der Waals surface area contributed by atoms with Crippen LogP contribution in [0.1, 0.15) is 11.7 Å². The number of thioether (sulfide) groups is 1. The summed E-state index contributed by atoms with van der Waals surface area (Å²) in [5.74, 6) is -4.76. The molecule has 0 aromatic heterocycles. The fraction of sp³-hybridized carbons (Fsp3) is 0.143. The first kappa shape index (κ1) is 14.9. The van der Waals surface area contributed by atoms with Gasteiger partial charge < -0.3 is 5.11 Å². The van der Waals surface area contributed by atoms with Crippen molar-refractivity contribution in [3.05, 3.63) is 65.2 Å². The predicted molar refractivity (Wildman–Crippen MR) is 68.4 cm³/mol. The second kappa shape index (κ2) is 6.28. The highest BCUT2D eigenvalue weighted by Gasteiger charge is 2.19. The van der Waals surface area contributed by atoms with E-state index in [1.54, 1.807) is 6.07 Å². The van der Waals surface area contributed by atoms with Gasteiger partial charge in [0.25, 0.3) is 0 Å². The molecule has 2 aromatic carbocycles. The average Bonchev–Trinajstić information content (AvgIpc) is 2.42. The Morgan fingerprint density at radius 3 is 2.45 bits per heavy atom. The Bertz CT molecular complexity index is 618. The van der Waals surface area contributed by atoms with E-state index >= 15 is 0 Å². The van der Waals surface area contributed by atoms with E-state index in [-0.39, 0.29) is 11.3 Å². The lowest BCUT2D eigenvalue weighted by atomic mass is 10.1. The van der Waals surface area contributed by atoms with Crippen molar-refractivity contribution in [2.24, 2.45) is 0 Å². The van der Waals surface area contributed by atoms with Gasteiger partial charge >= 0.3 is 0 Å². The van der Waals surface area contributed by atoms with Gasteiger partial charge in [-0.2, -0.15) is 0 Å². The van der Waals surface area contributed by atoms with Crippen molar-refractivity contribution in [2.45, 2.75) is 11.0 Å². The molecule has 0 aliphatic carbocycles. The smallest absolute Gasteiger partial charge is 0.194 e. The fourth-order valence-corrected chi connectivity index (χ4v) is 2.52. The van der Waals surface area contributed by atoms with E-state index in [9.17, 15) is 22.7 Å². The Morgan fingerprint density at radius 2 is 1.75 bits per heavy atom. The van der Waals surface area contributed by atoms with E-state index in [2.05, 4.69) is 0 Å². The number of rotatable bonds is 4. The molecule has 0 heterocycles. The number of hydrogen-bond donors (Lipinski definition) is 1. The topological polar surface area (TPSA) is 20.2 Å². The third kappa shape index (κ3) is 3.32. The molecular weight excluding hydrogens is 292 g/mol. The third-order valence-electron chi connectivity index (χ3n) is 2.63. The molecule has 0 bridgehead atoms. The molecule has 1 unspecified atom stereocenters. The molecule has 2 aromatic rings. The maximum Gasteiger partial charge on any atom is 0.194 e. The number of halogens is 4. The summed E-state index contributed by atoms with van der Waals surface area (Å²) in [6, 6.07) is 7.41. The first-order valence-corrected chi connectivity index (χ1v) is 6.67. The van der Waals surface area contributed by atoms with Gasteiger partial charge in [-0.15, -0.1) is 11.8 Å². The summed E-state index contributed by atoms with van der Waals surface area (Å²) in [5.41, 5.74) is -0.326. The molecule has 0 aliphatic rings. The van der Waals surface area contributed by atoms with Crippen LogP contribution < -0.4 is 0 Å². The minimum Gasteiger partial charge on any atom is -0.387 e. The lowest BCUT2D eigenvalue weighted by Crippen LogP contribution is -2.06. The van der Waals surface area contributed by atoms with Crippen molar-refractivity contribution < 1.29 is 22.7 Å². The Kier molecular flexibility index (Phi) is 4.67. The number of aliphatic hydroxyl groups excluding tert-OH is 1. The zero-order chi connectivity index (χ0) is 14.7. The average molecular weight is 302 g/mol. The summed E-state index contributed by atoms with van der Waals surface area (Å²) in [6.45, 7) is 0. The Morgan fingerprint density at radius 1 is 1.00 bits per heavy atom. The number of benzene rings is 2. The quantitative estimate of drug-likeness (QED) is 0.522. The van der Waals surface area contributed by atoms with Crippen LogP contribution in [0.3, 0.4) is 0 Å². The van der Waals surface area contributed by atoms with Crippen molar-refractivity contribution in [1.82, 2.24) is 0 Å². The van der Waals surface area contributed by atoms with Gasteiger partial charge in [0, 0.05) is 16.2 Å². The normalized spacial score (nSPS) is 12.4. The second-order valence-corrected chi connectivity index (χ2v) is 5.14. The molecule has 0 spiro atoms. The first-order valence-electron chi connectivity index (χ1n) is 5.69. The second-order valence-electron chi connectivity index (χ2n) is 4.05. The van der Waals surface area contributed by atoms with E-state index in [1.165, 1.54) is 18.2 Å². The van der Waals surface area contributed by atoms with Crippen LogP contribution in [0.15, 0.2) is 41.3 Å². The minimum absolute atomic E-state index is 0.00849. The lowest BCUT2D eigenvalue weighted by Gasteiger charge is -2.12. The summed E-state index contributed by atoms with van der Waals surface area (Å²) >= 11 is 1.08.